The van der Waals surface area contributed by atoms with Crippen molar-refractivity contribution < 1.29 is 9.53 Å². The quantitative estimate of drug-likeness (QED) is 0.628. The summed E-state index contributed by atoms with van der Waals surface area (Å²) < 4.78 is 8.83. The highest BCUT2D eigenvalue weighted by atomic mass is 16.5. The molecule has 1 aliphatic rings. The standard InChI is InChI=1S/C17H19N7O3/c1-9(2)23-6-3-4-11(17(23)26)21-14-12-16(19-5-7-27-12)24-15(22-14)10(8-20-24)13(18)25/h3-4,6,8-9,19H,5,7H2,1-2H3,(H2,18,25)(H,21,22). The van der Waals surface area contributed by atoms with Crippen molar-refractivity contribution in [2.45, 2.75) is 19.9 Å². The van der Waals surface area contributed by atoms with Crippen LogP contribution in [0.4, 0.5) is 17.3 Å². The fourth-order valence-electron chi connectivity index (χ4n) is 2.99. The summed E-state index contributed by atoms with van der Waals surface area (Å²) in [5, 5.41) is 10.4. The van der Waals surface area contributed by atoms with Gasteiger partial charge in [-0.25, -0.2) is 4.98 Å². The number of ether oxygens (including phenoxy) is 1. The average Bonchev–Trinajstić information content (AvgIpc) is 3.07. The number of nitrogens with two attached hydrogens (primary N) is 1. The predicted octanol–water partition coefficient (Wildman–Crippen LogP) is 1.12. The van der Waals surface area contributed by atoms with Crippen LogP contribution in [0.5, 0.6) is 5.75 Å². The molecule has 0 fully saturated rings. The molecule has 4 N–H and O–H groups in total. The first-order chi connectivity index (χ1) is 13.0. The van der Waals surface area contributed by atoms with Gasteiger partial charge < -0.3 is 25.7 Å². The molecule has 0 bridgehead atoms. The molecule has 0 spiro atoms. The Morgan fingerprint density at radius 1 is 1.44 bits per heavy atom. The summed E-state index contributed by atoms with van der Waals surface area (Å²) in [5.74, 6) is 0.641. The fourth-order valence-corrected chi connectivity index (χ4v) is 2.99. The maximum absolute atomic E-state index is 12.7. The minimum absolute atomic E-state index is 0.0119. The van der Waals surface area contributed by atoms with Gasteiger partial charge in [0.2, 0.25) is 5.75 Å². The number of carbonyl (C=O) groups excluding carboxylic acids is 1. The van der Waals surface area contributed by atoms with Crippen molar-refractivity contribution in [1.29, 1.82) is 0 Å². The van der Waals surface area contributed by atoms with E-state index in [4.69, 9.17) is 10.5 Å². The molecule has 3 aromatic rings. The summed E-state index contributed by atoms with van der Waals surface area (Å²) in [6.07, 6.45) is 3.09. The van der Waals surface area contributed by atoms with E-state index in [0.29, 0.717) is 36.2 Å². The number of fused-ring (bicyclic) bond motifs is 3. The fraction of sp³-hybridized carbons (Fsp3) is 0.294. The van der Waals surface area contributed by atoms with Gasteiger partial charge in [-0.15, -0.1) is 0 Å². The summed E-state index contributed by atoms with van der Waals surface area (Å²) in [7, 11) is 0. The summed E-state index contributed by atoms with van der Waals surface area (Å²) in [6.45, 7) is 4.86. The van der Waals surface area contributed by atoms with Crippen LogP contribution < -0.4 is 26.7 Å². The number of hydrogen-bond acceptors (Lipinski definition) is 7. The monoisotopic (exact) mass is 369 g/mol. The largest absolute Gasteiger partial charge is 0.485 e. The van der Waals surface area contributed by atoms with E-state index >= 15 is 0 Å². The molecule has 4 heterocycles. The number of nitrogens with zero attached hydrogens (tertiary/aromatic N) is 4. The highest BCUT2D eigenvalue weighted by molar-refractivity contribution is 5.99. The van der Waals surface area contributed by atoms with E-state index in [1.54, 1.807) is 22.9 Å². The maximum atomic E-state index is 12.7. The minimum Gasteiger partial charge on any atom is -0.485 e. The van der Waals surface area contributed by atoms with Gasteiger partial charge in [-0.05, 0) is 26.0 Å². The van der Waals surface area contributed by atoms with E-state index in [2.05, 4.69) is 20.7 Å². The SMILES string of the molecule is CC(C)n1cccc(Nc2nc3c(C(N)=O)cnn3c3c2OCCN3)c1=O. The minimum atomic E-state index is -0.637. The molecule has 10 heteroatoms. The number of primary amides is 1. The van der Waals surface area contributed by atoms with Crippen LogP contribution >= 0.6 is 0 Å². The molecule has 10 nitrogen and oxygen atoms in total. The Labute approximate surface area is 154 Å². The molecule has 3 aromatic heterocycles. The molecule has 1 aliphatic heterocycles. The molecule has 4 rings (SSSR count). The summed E-state index contributed by atoms with van der Waals surface area (Å²) in [5.41, 5.74) is 6.05. The van der Waals surface area contributed by atoms with Crippen LogP contribution in [-0.4, -0.2) is 38.2 Å². The molecule has 0 unspecified atom stereocenters. The Morgan fingerprint density at radius 3 is 3.00 bits per heavy atom. The van der Waals surface area contributed by atoms with Crippen molar-refractivity contribution in [2.24, 2.45) is 5.73 Å². The molecule has 0 saturated heterocycles. The van der Waals surface area contributed by atoms with E-state index in [9.17, 15) is 9.59 Å². The lowest BCUT2D eigenvalue weighted by Gasteiger charge is -2.22. The lowest BCUT2D eigenvalue weighted by atomic mass is 10.3. The first kappa shape index (κ1) is 16.9. The maximum Gasteiger partial charge on any atom is 0.274 e. The van der Waals surface area contributed by atoms with Gasteiger partial charge in [-0.3, -0.25) is 9.59 Å². The summed E-state index contributed by atoms with van der Waals surface area (Å²) in [4.78, 5) is 28.8. The van der Waals surface area contributed by atoms with Gasteiger partial charge >= 0.3 is 0 Å². The zero-order valence-corrected chi connectivity index (χ0v) is 14.9. The van der Waals surface area contributed by atoms with Crippen LogP contribution in [0.25, 0.3) is 5.65 Å². The van der Waals surface area contributed by atoms with E-state index < -0.39 is 5.91 Å². The van der Waals surface area contributed by atoms with Crippen LogP contribution in [-0.2, 0) is 0 Å². The van der Waals surface area contributed by atoms with Crippen molar-refractivity contribution in [1.82, 2.24) is 19.2 Å². The smallest absolute Gasteiger partial charge is 0.274 e. The Kier molecular flexibility index (Phi) is 3.94. The van der Waals surface area contributed by atoms with Crippen LogP contribution in [0.3, 0.4) is 0 Å². The van der Waals surface area contributed by atoms with Gasteiger partial charge in [0.05, 0.1) is 12.7 Å². The first-order valence-electron chi connectivity index (χ1n) is 8.53. The molecule has 0 saturated carbocycles. The second-order valence-electron chi connectivity index (χ2n) is 6.42. The number of pyridine rings is 1. The van der Waals surface area contributed by atoms with Gasteiger partial charge in [-0.2, -0.15) is 9.61 Å². The average molecular weight is 369 g/mol. The predicted molar refractivity (Wildman–Crippen MR) is 99.9 cm³/mol. The van der Waals surface area contributed by atoms with Crippen molar-refractivity contribution >= 4 is 28.9 Å². The molecule has 0 atom stereocenters. The summed E-state index contributed by atoms with van der Waals surface area (Å²) in [6, 6.07) is 3.46. The molecule has 140 valence electrons. The third-order valence-electron chi connectivity index (χ3n) is 4.29. The molecule has 0 aliphatic carbocycles. The zero-order chi connectivity index (χ0) is 19.1. The number of anilines is 3. The molecular formula is C17H19N7O3. The van der Waals surface area contributed by atoms with Crippen molar-refractivity contribution in [3.05, 3.63) is 40.4 Å². The van der Waals surface area contributed by atoms with Crippen molar-refractivity contribution in [3.8, 4) is 5.75 Å². The first-order valence-corrected chi connectivity index (χ1v) is 8.53. The summed E-state index contributed by atoms with van der Waals surface area (Å²) >= 11 is 0. The molecule has 0 aromatic carbocycles. The van der Waals surface area contributed by atoms with Gasteiger partial charge in [0.15, 0.2) is 17.3 Å². The topological polar surface area (TPSA) is 129 Å². The highest BCUT2D eigenvalue weighted by Gasteiger charge is 2.24. The highest BCUT2D eigenvalue weighted by Crippen LogP contribution is 2.36. The second kappa shape index (κ2) is 6.31. The van der Waals surface area contributed by atoms with Crippen LogP contribution in [0.15, 0.2) is 29.3 Å². The van der Waals surface area contributed by atoms with Crippen LogP contribution in [0, 0.1) is 0 Å². The Bertz CT molecular complexity index is 1100. The lowest BCUT2D eigenvalue weighted by Crippen LogP contribution is -2.25. The van der Waals surface area contributed by atoms with Gasteiger partial charge in [-0.1, -0.05) is 0 Å². The van der Waals surface area contributed by atoms with E-state index in [-0.39, 0.29) is 22.8 Å². The van der Waals surface area contributed by atoms with Crippen molar-refractivity contribution in [3.63, 3.8) is 0 Å². The van der Waals surface area contributed by atoms with Crippen molar-refractivity contribution in [2.75, 3.05) is 23.8 Å². The Morgan fingerprint density at radius 2 is 2.26 bits per heavy atom. The molecular weight excluding hydrogens is 350 g/mol. The Hall–Kier alpha value is -3.56. The normalized spacial score (nSPS) is 13.1. The number of nitrogens with one attached hydrogen (secondary N) is 2. The van der Waals surface area contributed by atoms with Gasteiger partial charge in [0.1, 0.15) is 17.9 Å². The van der Waals surface area contributed by atoms with Gasteiger partial charge in [0, 0.05) is 12.2 Å². The number of amides is 1. The lowest BCUT2D eigenvalue weighted by molar-refractivity contribution is 0.100. The third-order valence-corrected chi connectivity index (χ3v) is 4.29. The van der Waals surface area contributed by atoms with Crippen LogP contribution in [0.1, 0.15) is 30.2 Å². The van der Waals surface area contributed by atoms with Crippen LogP contribution in [0.2, 0.25) is 0 Å². The van der Waals surface area contributed by atoms with E-state index in [1.165, 1.54) is 10.7 Å². The Balaban J connectivity index is 1.89. The molecule has 1 amide bonds. The van der Waals surface area contributed by atoms with E-state index in [0.717, 1.165) is 0 Å². The van der Waals surface area contributed by atoms with E-state index in [1.807, 2.05) is 13.8 Å². The third kappa shape index (κ3) is 2.75. The second-order valence-corrected chi connectivity index (χ2v) is 6.42. The number of rotatable bonds is 4. The number of carbonyl (C=O) groups is 1. The molecule has 0 radical (unpaired) electrons. The molecule has 27 heavy (non-hydrogen) atoms. The number of aromatic nitrogens is 4. The number of hydrogen-bond donors (Lipinski definition) is 3. The van der Waals surface area contributed by atoms with Gasteiger partial charge in [0.25, 0.3) is 11.5 Å². The zero-order valence-electron chi connectivity index (χ0n) is 14.9.